The largest absolute Gasteiger partial charge is 0.372 e. The molecule has 3 heteroatoms. The van der Waals surface area contributed by atoms with E-state index in [4.69, 9.17) is 4.74 Å². The van der Waals surface area contributed by atoms with Crippen LogP contribution in [0.25, 0.3) is 0 Å². The Bertz CT molecular complexity index is 344. The Balaban J connectivity index is 3.09. The maximum atomic E-state index is 11.5. The fourth-order valence-electron chi connectivity index (χ4n) is 3.79. The number of carbonyl (C=O) groups is 1. The molecule has 0 aromatic carbocycles. The molecule has 0 bridgehead atoms. The Hall–Kier alpha value is -0.570. The van der Waals surface area contributed by atoms with E-state index in [1.165, 1.54) is 109 Å². The lowest BCUT2D eigenvalue weighted by Gasteiger charge is -2.10. The predicted molar refractivity (Wildman–Crippen MR) is 127 cm³/mol. The topological polar surface area (TPSA) is 38.3 Å². The molecule has 0 radical (unpaired) electrons. The molecule has 0 aliphatic heterocycles. The first kappa shape index (κ1) is 28.4. The highest BCUT2D eigenvalue weighted by Gasteiger charge is 2.09. The molecular weight excluding hydrogens is 358 g/mol. The zero-order valence-corrected chi connectivity index (χ0v) is 20.4. The van der Waals surface area contributed by atoms with Gasteiger partial charge in [-0.3, -0.25) is 4.79 Å². The van der Waals surface area contributed by atoms with Crippen LogP contribution in [-0.4, -0.2) is 25.7 Å². The Morgan fingerprint density at radius 1 is 0.621 bits per heavy atom. The second kappa shape index (κ2) is 22.1. The van der Waals surface area contributed by atoms with Crippen LogP contribution < -0.4 is 5.32 Å². The number of nitrogens with one attached hydrogen (secondary N) is 1. The lowest BCUT2D eigenvalue weighted by Crippen LogP contribution is -2.34. The highest BCUT2D eigenvalue weighted by Crippen LogP contribution is 2.15. The van der Waals surface area contributed by atoms with Crippen molar-refractivity contribution < 1.29 is 9.53 Å². The van der Waals surface area contributed by atoms with Crippen molar-refractivity contribution in [3.8, 4) is 0 Å². The fourth-order valence-corrected chi connectivity index (χ4v) is 3.79. The number of carbonyl (C=O) groups excluding carboxylic acids is 1. The van der Waals surface area contributed by atoms with E-state index in [0.717, 1.165) is 18.9 Å². The van der Waals surface area contributed by atoms with Crippen LogP contribution in [0, 0.1) is 5.92 Å². The number of methoxy groups -OCH3 is 1. The van der Waals surface area contributed by atoms with Gasteiger partial charge in [0.1, 0.15) is 6.10 Å². The van der Waals surface area contributed by atoms with Crippen molar-refractivity contribution in [3.63, 3.8) is 0 Å². The number of amides is 1. The third kappa shape index (κ3) is 21.9. The quantitative estimate of drug-likeness (QED) is 0.184. The standard InChI is InChI=1S/C26H53NO2/c1-24(2)22-20-18-16-14-12-10-8-6-5-7-9-11-13-15-17-19-21-23-27-26(28)25(3)29-4/h24-25H,5-23H2,1-4H3,(H,27,28). The summed E-state index contributed by atoms with van der Waals surface area (Å²) in [7, 11) is 1.57. The maximum Gasteiger partial charge on any atom is 0.248 e. The lowest BCUT2D eigenvalue weighted by atomic mass is 10.0. The van der Waals surface area contributed by atoms with Crippen LogP contribution in [0.2, 0.25) is 0 Å². The van der Waals surface area contributed by atoms with Gasteiger partial charge in [-0.25, -0.2) is 0 Å². The van der Waals surface area contributed by atoms with Gasteiger partial charge in [-0.2, -0.15) is 0 Å². The summed E-state index contributed by atoms with van der Waals surface area (Å²) in [6.07, 6.45) is 24.7. The first-order valence-corrected chi connectivity index (χ1v) is 12.9. The average Bonchev–Trinajstić information content (AvgIpc) is 2.71. The number of hydrogen-bond acceptors (Lipinski definition) is 2. The SMILES string of the molecule is COC(C)C(=O)NCCCCCCCCCCCCCCCCCCCC(C)C. The predicted octanol–water partition coefficient (Wildman–Crippen LogP) is 7.82. The third-order valence-corrected chi connectivity index (χ3v) is 5.98. The molecule has 0 aromatic rings. The number of hydrogen-bond donors (Lipinski definition) is 1. The van der Waals surface area contributed by atoms with Crippen molar-refractivity contribution >= 4 is 5.91 Å². The minimum Gasteiger partial charge on any atom is -0.372 e. The molecule has 0 fully saturated rings. The highest BCUT2D eigenvalue weighted by molar-refractivity contribution is 5.80. The van der Waals surface area contributed by atoms with Crippen LogP contribution in [0.5, 0.6) is 0 Å². The molecular formula is C26H53NO2. The molecule has 0 aliphatic carbocycles. The van der Waals surface area contributed by atoms with Gasteiger partial charge in [0.05, 0.1) is 0 Å². The third-order valence-electron chi connectivity index (χ3n) is 5.98. The monoisotopic (exact) mass is 411 g/mol. The van der Waals surface area contributed by atoms with Crippen molar-refractivity contribution in [3.05, 3.63) is 0 Å². The molecule has 3 nitrogen and oxygen atoms in total. The lowest BCUT2D eigenvalue weighted by molar-refractivity contribution is -0.130. The van der Waals surface area contributed by atoms with Gasteiger partial charge in [0.2, 0.25) is 5.91 Å². The van der Waals surface area contributed by atoms with Crippen LogP contribution >= 0.6 is 0 Å². The van der Waals surface area contributed by atoms with Gasteiger partial charge in [-0.15, -0.1) is 0 Å². The van der Waals surface area contributed by atoms with Crippen LogP contribution in [0.1, 0.15) is 136 Å². The molecule has 0 aliphatic rings. The number of ether oxygens (including phenoxy) is 1. The van der Waals surface area contributed by atoms with E-state index in [0.29, 0.717) is 0 Å². The maximum absolute atomic E-state index is 11.5. The molecule has 174 valence electrons. The second-order valence-corrected chi connectivity index (χ2v) is 9.36. The van der Waals surface area contributed by atoms with Gasteiger partial charge in [-0.05, 0) is 19.3 Å². The van der Waals surface area contributed by atoms with Crippen LogP contribution in [0.4, 0.5) is 0 Å². The molecule has 0 heterocycles. The van der Waals surface area contributed by atoms with Crippen molar-refractivity contribution in [2.45, 2.75) is 142 Å². The van der Waals surface area contributed by atoms with Crippen molar-refractivity contribution in [1.29, 1.82) is 0 Å². The number of rotatable bonds is 22. The minimum absolute atomic E-state index is 0.00426. The van der Waals surface area contributed by atoms with E-state index in [1.54, 1.807) is 14.0 Å². The molecule has 0 aromatic heterocycles. The van der Waals surface area contributed by atoms with Gasteiger partial charge in [0.15, 0.2) is 0 Å². The van der Waals surface area contributed by atoms with E-state index in [9.17, 15) is 4.79 Å². The Kier molecular flexibility index (Phi) is 21.7. The van der Waals surface area contributed by atoms with Gasteiger partial charge in [0, 0.05) is 13.7 Å². The van der Waals surface area contributed by atoms with Crippen molar-refractivity contribution in [1.82, 2.24) is 5.32 Å². The van der Waals surface area contributed by atoms with Crippen molar-refractivity contribution in [2.24, 2.45) is 5.92 Å². The van der Waals surface area contributed by atoms with Gasteiger partial charge in [-0.1, -0.05) is 123 Å². The Morgan fingerprint density at radius 2 is 0.966 bits per heavy atom. The summed E-state index contributed by atoms with van der Waals surface area (Å²) >= 11 is 0. The van der Waals surface area contributed by atoms with Gasteiger partial charge < -0.3 is 10.1 Å². The van der Waals surface area contributed by atoms with E-state index in [-0.39, 0.29) is 12.0 Å². The second-order valence-electron chi connectivity index (χ2n) is 9.36. The highest BCUT2D eigenvalue weighted by atomic mass is 16.5. The molecule has 0 spiro atoms. The zero-order chi connectivity index (χ0) is 21.6. The summed E-state index contributed by atoms with van der Waals surface area (Å²) < 4.78 is 5.00. The summed E-state index contributed by atoms with van der Waals surface area (Å²) in [5.41, 5.74) is 0. The molecule has 29 heavy (non-hydrogen) atoms. The summed E-state index contributed by atoms with van der Waals surface area (Å²) in [5.74, 6) is 0.885. The first-order valence-electron chi connectivity index (χ1n) is 12.9. The summed E-state index contributed by atoms with van der Waals surface area (Å²) in [4.78, 5) is 11.5. The molecule has 1 unspecified atom stereocenters. The normalized spacial score (nSPS) is 12.4. The van der Waals surface area contributed by atoms with Crippen LogP contribution in [0.3, 0.4) is 0 Å². The van der Waals surface area contributed by atoms with E-state index in [2.05, 4.69) is 19.2 Å². The summed E-state index contributed by atoms with van der Waals surface area (Å²) in [6.45, 7) is 7.23. The number of unbranched alkanes of at least 4 members (excludes halogenated alkanes) is 16. The first-order chi connectivity index (χ1) is 14.1. The smallest absolute Gasteiger partial charge is 0.248 e. The van der Waals surface area contributed by atoms with E-state index in [1.807, 2.05) is 0 Å². The Labute approximate surface area is 183 Å². The molecule has 0 saturated carbocycles. The molecule has 1 N–H and O–H groups in total. The summed E-state index contributed by atoms with van der Waals surface area (Å²) in [6, 6.07) is 0. The summed E-state index contributed by atoms with van der Waals surface area (Å²) in [5, 5.41) is 2.93. The van der Waals surface area contributed by atoms with Crippen LogP contribution in [-0.2, 0) is 9.53 Å². The molecule has 1 amide bonds. The van der Waals surface area contributed by atoms with E-state index < -0.39 is 0 Å². The molecule has 1 atom stereocenters. The van der Waals surface area contributed by atoms with Gasteiger partial charge in [0.25, 0.3) is 0 Å². The molecule has 0 rings (SSSR count). The minimum atomic E-state index is -0.334. The van der Waals surface area contributed by atoms with Gasteiger partial charge >= 0.3 is 0 Å². The Morgan fingerprint density at radius 3 is 1.31 bits per heavy atom. The van der Waals surface area contributed by atoms with E-state index >= 15 is 0 Å². The van der Waals surface area contributed by atoms with Crippen LogP contribution in [0.15, 0.2) is 0 Å². The molecule has 0 saturated heterocycles. The van der Waals surface area contributed by atoms with Crippen molar-refractivity contribution in [2.75, 3.05) is 13.7 Å². The fraction of sp³-hybridized carbons (Fsp3) is 0.962. The average molecular weight is 412 g/mol. The zero-order valence-electron chi connectivity index (χ0n) is 20.4.